The Morgan fingerprint density at radius 3 is 1.71 bits per heavy atom. The van der Waals surface area contributed by atoms with Crippen LogP contribution in [0.15, 0.2) is 182 Å². The summed E-state index contributed by atoms with van der Waals surface area (Å²) in [5, 5.41) is 12.8. The van der Waals surface area contributed by atoms with Crippen LogP contribution in [0.4, 0.5) is 0 Å². The summed E-state index contributed by atoms with van der Waals surface area (Å²) in [6, 6.07) is 67.9. The summed E-state index contributed by atoms with van der Waals surface area (Å²) in [4.78, 5) is 0. The summed E-state index contributed by atoms with van der Waals surface area (Å²) < 4.78 is 0. The van der Waals surface area contributed by atoms with Crippen LogP contribution >= 0.6 is 0 Å². The molecular formula is C51H32. The molecule has 0 radical (unpaired) electrons. The van der Waals surface area contributed by atoms with E-state index in [1.807, 2.05) is 0 Å². The van der Waals surface area contributed by atoms with E-state index in [1.54, 1.807) is 0 Å². The van der Waals surface area contributed by atoms with Gasteiger partial charge in [-0.15, -0.1) is 0 Å². The average Bonchev–Trinajstić information content (AvgIpc) is 3.57. The van der Waals surface area contributed by atoms with Gasteiger partial charge in [-0.05, 0) is 134 Å². The largest absolute Gasteiger partial charge is 0.0619 e. The van der Waals surface area contributed by atoms with Crippen molar-refractivity contribution in [3.63, 3.8) is 0 Å². The van der Waals surface area contributed by atoms with Gasteiger partial charge in [-0.3, -0.25) is 0 Å². The molecule has 0 atom stereocenters. The zero-order valence-electron chi connectivity index (χ0n) is 28.0. The summed E-state index contributed by atoms with van der Waals surface area (Å²) in [5.41, 5.74) is 13.2. The van der Waals surface area contributed by atoms with Gasteiger partial charge in [0, 0.05) is 0 Å². The Balaban J connectivity index is 1.29. The van der Waals surface area contributed by atoms with Crippen LogP contribution < -0.4 is 0 Å². The van der Waals surface area contributed by atoms with Crippen LogP contribution in [0.25, 0.3) is 98.4 Å². The van der Waals surface area contributed by atoms with Gasteiger partial charge in [-0.2, -0.15) is 0 Å². The first-order valence-electron chi connectivity index (χ1n) is 17.9. The molecule has 10 aromatic carbocycles. The van der Waals surface area contributed by atoms with Crippen LogP contribution in [0.2, 0.25) is 0 Å². The third kappa shape index (κ3) is 4.27. The zero-order chi connectivity index (χ0) is 33.5. The standard InChI is InChI=1S/C51H32/c1-4-16-38-32(12-1)15-11-23-39(38)36-26-27-46-49(30-36)50(37-25-24-35-28-33-13-2-6-18-41(33)47(35)31-37)44-21-9-10-22-45(44)51(46)48-29-34-14-3-5-17-40(34)42-19-7-8-20-43(42)48/h1-27,29-31H,28H2. The topological polar surface area (TPSA) is 0 Å². The number of fused-ring (bicyclic) bond motifs is 9. The van der Waals surface area contributed by atoms with Crippen LogP contribution in [0.5, 0.6) is 0 Å². The summed E-state index contributed by atoms with van der Waals surface area (Å²) in [6.45, 7) is 0. The van der Waals surface area contributed by atoms with Crippen molar-refractivity contribution < 1.29 is 0 Å². The number of hydrogen-bond donors (Lipinski definition) is 0. The lowest BCUT2D eigenvalue weighted by Gasteiger charge is -2.21. The number of benzene rings is 10. The normalized spacial score (nSPS) is 12.2. The van der Waals surface area contributed by atoms with Crippen molar-refractivity contribution >= 4 is 53.9 Å². The van der Waals surface area contributed by atoms with E-state index >= 15 is 0 Å². The summed E-state index contributed by atoms with van der Waals surface area (Å²) >= 11 is 0. The van der Waals surface area contributed by atoms with Crippen molar-refractivity contribution in [2.75, 3.05) is 0 Å². The molecule has 10 aromatic rings. The molecule has 0 saturated carbocycles. The van der Waals surface area contributed by atoms with Gasteiger partial charge >= 0.3 is 0 Å². The van der Waals surface area contributed by atoms with E-state index in [-0.39, 0.29) is 0 Å². The molecule has 0 aromatic heterocycles. The molecule has 1 aliphatic carbocycles. The van der Waals surface area contributed by atoms with Gasteiger partial charge in [0.25, 0.3) is 0 Å². The van der Waals surface area contributed by atoms with Crippen molar-refractivity contribution in [3.05, 3.63) is 193 Å². The van der Waals surface area contributed by atoms with Crippen molar-refractivity contribution in [1.82, 2.24) is 0 Å². The van der Waals surface area contributed by atoms with Crippen LogP contribution in [-0.2, 0) is 6.42 Å². The van der Waals surface area contributed by atoms with Gasteiger partial charge in [-0.25, -0.2) is 0 Å². The maximum Gasteiger partial charge on any atom is -0.00134 e. The molecular weight excluding hydrogens is 613 g/mol. The quantitative estimate of drug-likeness (QED) is 0.133. The Morgan fingerprint density at radius 2 is 0.843 bits per heavy atom. The number of hydrogen-bond acceptors (Lipinski definition) is 0. The molecule has 0 fully saturated rings. The fraction of sp³-hybridized carbons (Fsp3) is 0.0196. The molecule has 0 nitrogen and oxygen atoms in total. The van der Waals surface area contributed by atoms with Crippen LogP contribution in [0.3, 0.4) is 0 Å². The van der Waals surface area contributed by atoms with Gasteiger partial charge < -0.3 is 0 Å². The second-order valence-corrected chi connectivity index (χ2v) is 14.0. The van der Waals surface area contributed by atoms with Gasteiger partial charge in [0.05, 0.1) is 0 Å². The van der Waals surface area contributed by atoms with E-state index in [1.165, 1.54) is 109 Å². The summed E-state index contributed by atoms with van der Waals surface area (Å²) in [7, 11) is 0. The van der Waals surface area contributed by atoms with Crippen LogP contribution in [-0.4, -0.2) is 0 Å². The second-order valence-electron chi connectivity index (χ2n) is 14.0. The lowest BCUT2D eigenvalue weighted by molar-refractivity contribution is 1.26. The highest BCUT2D eigenvalue weighted by molar-refractivity contribution is 6.26. The molecule has 236 valence electrons. The smallest absolute Gasteiger partial charge is 0.00134 e. The minimum atomic E-state index is 0.993. The monoisotopic (exact) mass is 644 g/mol. The molecule has 0 heteroatoms. The first-order chi connectivity index (χ1) is 25.3. The minimum absolute atomic E-state index is 0.993. The third-order valence-electron chi connectivity index (χ3n) is 11.2. The molecule has 51 heavy (non-hydrogen) atoms. The lowest BCUT2D eigenvalue weighted by atomic mass is 9.82. The predicted molar refractivity (Wildman–Crippen MR) is 219 cm³/mol. The predicted octanol–water partition coefficient (Wildman–Crippen LogP) is 14.0. The van der Waals surface area contributed by atoms with E-state index in [0.29, 0.717) is 0 Å². The van der Waals surface area contributed by atoms with E-state index in [9.17, 15) is 0 Å². The molecule has 0 unspecified atom stereocenters. The van der Waals surface area contributed by atoms with Gasteiger partial charge in [0.1, 0.15) is 0 Å². The van der Waals surface area contributed by atoms with Gasteiger partial charge in [0.2, 0.25) is 0 Å². The van der Waals surface area contributed by atoms with E-state index in [2.05, 4.69) is 182 Å². The first kappa shape index (κ1) is 28.3. The van der Waals surface area contributed by atoms with Gasteiger partial charge in [0.15, 0.2) is 0 Å². The molecule has 0 saturated heterocycles. The molecule has 0 spiro atoms. The van der Waals surface area contributed by atoms with Crippen molar-refractivity contribution in [2.24, 2.45) is 0 Å². The summed E-state index contributed by atoms with van der Waals surface area (Å²) in [5.74, 6) is 0. The number of rotatable bonds is 3. The lowest BCUT2D eigenvalue weighted by Crippen LogP contribution is -1.94. The zero-order valence-corrected chi connectivity index (χ0v) is 28.0. The minimum Gasteiger partial charge on any atom is -0.0619 e. The Labute approximate surface area is 296 Å². The molecule has 11 rings (SSSR count). The molecule has 1 aliphatic rings. The molecule has 0 amide bonds. The maximum atomic E-state index is 2.47. The second kappa shape index (κ2) is 11.0. The van der Waals surface area contributed by atoms with E-state index in [0.717, 1.165) is 6.42 Å². The van der Waals surface area contributed by atoms with Crippen LogP contribution in [0, 0.1) is 0 Å². The fourth-order valence-corrected chi connectivity index (χ4v) is 8.96. The average molecular weight is 645 g/mol. The Kier molecular flexibility index (Phi) is 6.12. The van der Waals surface area contributed by atoms with Crippen molar-refractivity contribution in [1.29, 1.82) is 0 Å². The third-order valence-corrected chi connectivity index (χ3v) is 11.2. The first-order valence-corrected chi connectivity index (χ1v) is 17.9. The molecule has 0 heterocycles. The molecule has 0 bridgehead atoms. The van der Waals surface area contributed by atoms with Crippen molar-refractivity contribution in [2.45, 2.75) is 6.42 Å². The highest BCUT2D eigenvalue weighted by atomic mass is 14.3. The van der Waals surface area contributed by atoms with Crippen LogP contribution in [0.1, 0.15) is 11.1 Å². The van der Waals surface area contributed by atoms with Crippen molar-refractivity contribution in [3.8, 4) is 44.5 Å². The summed E-state index contributed by atoms with van der Waals surface area (Å²) in [6.07, 6.45) is 0.993. The Morgan fingerprint density at radius 1 is 0.255 bits per heavy atom. The van der Waals surface area contributed by atoms with Gasteiger partial charge in [-0.1, -0.05) is 164 Å². The Bertz CT molecular complexity index is 3050. The molecule has 0 aliphatic heterocycles. The highest BCUT2D eigenvalue weighted by Crippen LogP contribution is 2.49. The fourth-order valence-electron chi connectivity index (χ4n) is 8.96. The SMILES string of the molecule is c1ccc2c(c1)Cc1ccc(-c3c4ccccc4c(-c4cc5ccccc5c5ccccc45)c4ccc(-c5cccc6ccccc56)cc34)cc1-2. The molecule has 0 N–H and O–H groups in total. The Hall–Kier alpha value is -6.50. The van der Waals surface area contributed by atoms with E-state index < -0.39 is 0 Å². The highest BCUT2D eigenvalue weighted by Gasteiger charge is 2.23. The van der Waals surface area contributed by atoms with E-state index in [4.69, 9.17) is 0 Å². The maximum absolute atomic E-state index is 2.47.